The zero-order chi connectivity index (χ0) is 13.1. The zero-order valence-corrected chi connectivity index (χ0v) is 11.3. The molecule has 0 bridgehead atoms. The average molecular weight is 310 g/mol. The van der Waals surface area contributed by atoms with Crippen molar-refractivity contribution in [2.45, 2.75) is 6.92 Å². The van der Waals surface area contributed by atoms with E-state index in [-0.39, 0.29) is 0 Å². The van der Waals surface area contributed by atoms with Gasteiger partial charge < -0.3 is 10.5 Å². The van der Waals surface area contributed by atoms with Gasteiger partial charge in [-0.3, -0.25) is 0 Å². The first-order chi connectivity index (χ1) is 8.61. The van der Waals surface area contributed by atoms with Crippen LogP contribution in [0.15, 0.2) is 35.1 Å². The number of nitrogens with two attached hydrogens (primary N) is 1. The largest absolute Gasteiger partial charge is 0.462 e. The maximum atomic E-state index is 11.7. The normalized spacial score (nSPS) is 10.3. The minimum Gasteiger partial charge on any atom is -0.462 e. The Bertz CT molecular complexity index is 580. The van der Waals surface area contributed by atoms with Gasteiger partial charge >= 0.3 is 5.97 Å². The number of nitrogen functional groups attached to an aromatic ring is 1. The Kier molecular flexibility index (Phi) is 3.66. The molecule has 1 aromatic carbocycles. The number of hydrogen-bond acceptors (Lipinski definition) is 4. The lowest BCUT2D eigenvalue weighted by Crippen LogP contribution is -2.09. The first-order valence-corrected chi connectivity index (χ1v) is 6.18. The first-order valence-electron chi connectivity index (χ1n) is 5.39. The van der Waals surface area contributed by atoms with Crippen molar-refractivity contribution >= 4 is 27.6 Å². The summed E-state index contributed by atoms with van der Waals surface area (Å²) in [5.41, 5.74) is 7.25. The third-order valence-electron chi connectivity index (χ3n) is 2.35. The zero-order valence-electron chi connectivity index (χ0n) is 9.76. The Balaban J connectivity index is 2.40. The maximum Gasteiger partial charge on any atom is 0.340 e. The molecule has 1 heterocycles. The van der Waals surface area contributed by atoms with Crippen LogP contribution in [0.4, 0.5) is 5.69 Å². The molecule has 0 aliphatic rings. The summed E-state index contributed by atoms with van der Waals surface area (Å²) in [7, 11) is 0. The number of rotatable bonds is 3. The fourth-order valence-corrected chi connectivity index (χ4v) is 1.80. The topological polar surface area (TPSA) is 70.1 Å². The van der Waals surface area contributed by atoms with E-state index in [1.54, 1.807) is 42.2 Å². The SMILES string of the molecule is CCOC(=O)c1cc(-n2cc(Br)cn2)ccc1N. The highest BCUT2D eigenvalue weighted by molar-refractivity contribution is 9.10. The van der Waals surface area contributed by atoms with Crippen LogP contribution in [0, 0.1) is 0 Å². The molecule has 2 N–H and O–H groups in total. The van der Waals surface area contributed by atoms with E-state index in [4.69, 9.17) is 10.5 Å². The fraction of sp³-hybridized carbons (Fsp3) is 0.167. The molecule has 0 saturated carbocycles. The third-order valence-corrected chi connectivity index (χ3v) is 2.76. The van der Waals surface area contributed by atoms with Crippen molar-refractivity contribution in [1.82, 2.24) is 9.78 Å². The molecule has 0 saturated heterocycles. The van der Waals surface area contributed by atoms with E-state index >= 15 is 0 Å². The van der Waals surface area contributed by atoms with Crippen LogP contribution in [0.5, 0.6) is 0 Å². The number of benzene rings is 1. The highest BCUT2D eigenvalue weighted by atomic mass is 79.9. The van der Waals surface area contributed by atoms with Crippen LogP contribution in [0.1, 0.15) is 17.3 Å². The fourth-order valence-electron chi connectivity index (χ4n) is 1.51. The summed E-state index contributed by atoms with van der Waals surface area (Å²) >= 11 is 3.32. The monoisotopic (exact) mass is 309 g/mol. The Labute approximate surface area is 113 Å². The molecule has 0 atom stereocenters. The van der Waals surface area contributed by atoms with E-state index in [0.29, 0.717) is 17.9 Å². The molecule has 6 heteroatoms. The number of carbonyl (C=O) groups excluding carboxylic acids is 1. The summed E-state index contributed by atoms with van der Waals surface area (Å²) in [5.74, 6) is -0.428. The molecule has 0 aliphatic heterocycles. The van der Waals surface area contributed by atoms with Crippen LogP contribution in [0.25, 0.3) is 5.69 Å². The van der Waals surface area contributed by atoms with Gasteiger partial charge in [0.15, 0.2) is 0 Å². The lowest BCUT2D eigenvalue weighted by molar-refractivity contribution is 0.0527. The van der Waals surface area contributed by atoms with Crippen molar-refractivity contribution in [1.29, 1.82) is 0 Å². The van der Waals surface area contributed by atoms with Crippen LogP contribution < -0.4 is 5.73 Å². The quantitative estimate of drug-likeness (QED) is 0.698. The van der Waals surface area contributed by atoms with Crippen molar-refractivity contribution < 1.29 is 9.53 Å². The molecule has 0 amide bonds. The van der Waals surface area contributed by atoms with E-state index in [1.807, 2.05) is 0 Å². The summed E-state index contributed by atoms with van der Waals surface area (Å²) in [6.45, 7) is 2.07. The number of esters is 1. The first kappa shape index (κ1) is 12.6. The molecule has 0 radical (unpaired) electrons. The highest BCUT2D eigenvalue weighted by Crippen LogP contribution is 2.19. The molecule has 94 valence electrons. The number of nitrogens with zero attached hydrogens (tertiary/aromatic N) is 2. The number of aromatic nitrogens is 2. The second-order valence-corrected chi connectivity index (χ2v) is 4.51. The van der Waals surface area contributed by atoms with Gasteiger partial charge in [-0.25, -0.2) is 9.48 Å². The van der Waals surface area contributed by atoms with Crippen LogP contribution in [-0.2, 0) is 4.74 Å². The summed E-state index contributed by atoms with van der Waals surface area (Å²) in [5, 5.41) is 4.14. The van der Waals surface area contributed by atoms with E-state index in [0.717, 1.165) is 10.2 Å². The lowest BCUT2D eigenvalue weighted by Gasteiger charge is -2.08. The van der Waals surface area contributed by atoms with Crippen LogP contribution in [0.3, 0.4) is 0 Å². The molecule has 0 spiro atoms. The minimum absolute atomic E-state index is 0.315. The number of anilines is 1. The lowest BCUT2D eigenvalue weighted by atomic mass is 10.1. The number of ether oxygens (including phenoxy) is 1. The molecular weight excluding hydrogens is 298 g/mol. The predicted octanol–water partition coefficient (Wildman–Crippen LogP) is 2.39. The molecule has 1 aromatic heterocycles. The van der Waals surface area contributed by atoms with Gasteiger partial charge in [0.1, 0.15) is 0 Å². The van der Waals surface area contributed by atoms with E-state index in [1.165, 1.54) is 0 Å². The van der Waals surface area contributed by atoms with Gasteiger partial charge in [0.25, 0.3) is 0 Å². The van der Waals surface area contributed by atoms with Gasteiger partial charge in [-0.15, -0.1) is 0 Å². The van der Waals surface area contributed by atoms with Crippen LogP contribution in [-0.4, -0.2) is 22.4 Å². The van der Waals surface area contributed by atoms with Gasteiger partial charge in [-0.1, -0.05) is 0 Å². The van der Waals surface area contributed by atoms with Gasteiger partial charge in [0.2, 0.25) is 0 Å². The van der Waals surface area contributed by atoms with Gasteiger partial charge in [-0.2, -0.15) is 5.10 Å². The van der Waals surface area contributed by atoms with Crippen molar-refractivity contribution in [3.8, 4) is 5.69 Å². The van der Waals surface area contributed by atoms with Crippen LogP contribution >= 0.6 is 15.9 Å². The second kappa shape index (κ2) is 5.22. The van der Waals surface area contributed by atoms with Crippen LogP contribution in [0.2, 0.25) is 0 Å². The van der Waals surface area contributed by atoms with Crippen molar-refractivity contribution in [2.24, 2.45) is 0 Å². The summed E-state index contributed by atoms with van der Waals surface area (Å²) < 4.78 is 7.45. The molecular formula is C12H12BrN3O2. The molecule has 0 unspecified atom stereocenters. The van der Waals surface area contributed by atoms with E-state index < -0.39 is 5.97 Å². The highest BCUT2D eigenvalue weighted by Gasteiger charge is 2.12. The Morgan fingerprint density at radius 3 is 2.94 bits per heavy atom. The van der Waals surface area contributed by atoms with Gasteiger partial charge in [0, 0.05) is 11.9 Å². The summed E-state index contributed by atoms with van der Waals surface area (Å²) in [4.78, 5) is 11.7. The smallest absolute Gasteiger partial charge is 0.340 e. The second-order valence-electron chi connectivity index (χ2n) is 3.60. The van der Waals surface area contributed by atoms with Crippen molar-refractivity contribution in [3.63, 3.8) is 0 Å². The van der Waals surface area contributed by atoms with Gasteiger partial charge in [-0.05, 0) is 41.1 Å². The Morgan fingerprint density at radius 2 is 2.33 bits per heavy atom. The standard InChI is InChI=1S/C12H12BrN3O2/c1-2-18-12(17)10-5-9(3-4-11(10)14)16-7-8(13)6-15-16/h3-7H,2,14H2,1H3. The molecule has 5 nitrogen and oxygen atoms in total. The third kappa shape index (κ3) is 2.53. The maximum absolute atomic E-state index is 11.7. The van der Waals surface area contributed by atoms with Gasteiger partial charge in [0.05, 0.1) is 28.5 Å². The number of carbonyl (C=O) groups is 1. The minimum atomic E-state index is -0.428. The summed E-state index contributed by atoms with van der Waals surface area (Å²) in [6, 6.07) is 5.11. The molecule has 2 rings (SSSR count). The molecule has 2 aromatic rings. The average Bonchev–Trinajstić information content (AvgIpc) is 2.77. The van der Waals surface area contributed by atoms with Crippen molar-refractivity contribution in [2.75, 3.05) is 12.3 Å². The van der Waals surface area contributed by atoms with Crippen molar-refractivity contribution in [3.05, 3.63) is 40.6 Å². The van der Waals surface area contributed by atoms with E-state index in [2.05, 4.69) is 21.0 Å². The molecule has 0 aliphatic carbocycles. The molecule has 0 fully saturated rings. The number of halogens is 1. The number of hydrogen-bond donors (Lipinski definition) is 1. The molecule has 18 heavy (non-hydrogen) atoms. The van der Waals surface area contributed by atoms with E-state index in [9.17, 15) is 4.79 Å². The predicted molar refractivity (Wildman–Crippen MR) is 71.6 cm³/mol. The summed E-state index contributed by atoms with van der Waals surface area (Å²) in [6.07, 6.45) is 3.46. The Morgan fingerprint density at radius 1 is 1.56 bits per heavy atom. The Hall–Kier alpha value is -1.82.